The number of aldehydes is 10. The van der Waals surface area contributed by atoms with Crippen molar-refractivity contribution in [3.63, 3.8) is 0 Å². The zero-order chi connectivity index (χ0) is 106. The molecule has 70 nitrogen and oxygen atoms in total. The van der Waals surface area contributed by atoms with E-state index in [4.69, 9.17) is 204 Å². The molecule has 0 aliphatic carbocycles. The molecule has 0 rings (SSSR count). The van der Waals surface area contributed by atoms with E-state index in [-0.39, 0.29) is 131 Å². The molecular formula is C60H90CoKO70-7. The fraction of sp³-hybridized carbons (Fsp3) is 0.667. The van der Waals surface area contributed by atoms with Gasteiger partial charge in [0.2, 0.25) is 0 Å². The van der Waals surface area contributed by atoms with Crippen LogP contribution in [0.25, 0.3) is 0 Å². The van der Waals surface area contributed by atoms with Gasteiger partial charge in [-0.25, -0.2) is 0 Å². The van der Waals surface area contributed by atoms with Crippen molar-refractivity contribution >= 4 is 123 Å². The second kappa shape index (κ2) is 79.2. The van der Waals surface area contributed by atoms with Crippen molar-refractivity contribution < 1.29 is 419 Å². The number of aliphatic hydroxyl groups excluding tert-OH is 40. The van der Waals surface area contributed by atoms with E-state index in [1.165, 1.54) is 0 Å². The van der Waals surface area contributed by atoms with Crippen molar-refractivity contribution in [1.29, 1.82) is 0 Å². The third kappa shape index (κ3) is 60.3. The van der Waals surface area contributed by atoms with E-state index in [2.05, 4.69) is 0 Å². The Kier molecular flexibility index (Phi) is 89.7. The molecule has 1 radical (unpaired) electrons. The normalized spacial score (nSPS) is 19.7. The first-order valence-electron chi connectivity index (χ1n) is 33.0. The molecule has 0 aromatic heterocycles. The molecule has 0 bridgehead atoms. The Hall–Kier alpha value is -8.06. The molecule has 0 amide bonds. The maximum absolute atomic E-state index is 9.95. The van der Waals surface area contributed by atoms with Gasteiger partial charge in [0.05, 0.1) is 59.7 Å². The van der Waals surface area contributed by atoms with Crippen LogP contribution >= 0.6 is 0 Å². The smallest absolute Gasteiger partial charge is 0.547 e. The molecular weight excluding hydrogens is 1940 g/mol. The molecule has 40 N–H and O–H groups in total. The van der Waals surface area contributed by atoms with E-state index in [9.17, 15) is 147 Å². The Labute approximate surface area is 782 Å². The van der Waals surface area contributed by atoms with Crippen LogP contribution in [0.4, 0.5) is 0 Å². The van der Waals surface area contributed by atoms with E-state index in [0.29, 0.717) is 0 Å². The van der Waals surface area contributed by atoms with Crippen LogP contribution in [0.3, 0.4) is 0 Å². The average molecular weight is 2030 g/mol. The Balaban J connectivity index is -0.000000121. The summed E-state index contributed by atoms with van der Waals surface area (Å²) in [4.78, 5) is 198. The second-order valence-electron chi connectivity index (χ2n) is 23.7. The monoisotopic (exact) mass is 2030 g/mol. The number of carbonyl (C=O) groups excluding carboxylic acids is 20. The van der Waals surface area contributed by atoms with E-state index >= 15 is 0 Å². The minimum atomic E-state index is -2.36. The summed E-state index contributed by atoms with van der Waals surface area (Å²) in [7, 11) is 0. The van der Waals surface area contributed by atoms with Crippen molar-refractivity contribution in [2.24, 2.45) is 0 Å². The van der Waals surface area contributed by atoms with Gasteiger partial charge in [0.1, 0.15) is 244 Å². The first kappa shape index (κ1) is 149. The van der Waals surface area contributed by atoms with Gasteiger partial charge in [0.25, 0.3) is 0 Å². The number of aliphatic carboxylic acids is 10. The van der Waals surface area contributed by atoms with Crippen LogP contribution in [0.1, 0.15) is 0 Å². The van der Waals surface area contributed by atoms with Crippen LogP contribution in [0.2, 0.25) is 0 Å². The molecule has 0 unspecified atom stereocenters. The third-order valence-electron chi connectivity index (χ3n) is 14.0. The molecule has 0 aliphatic rings. The molecule has 0 fully saturated rings. The van der Waals surface area contributed by atoms with E-state index in [1.807, 2.05) is 0 Å². The van der Waals surface area contributed by atoms with Gasteiger partial charge in [0, 0.05) is 0 Å². The number of hydrogen-bond donors (Lipinski definition) is 40. The minimum Gasteiger partial charge on any atom is -0.547 e. The quantitative estimate of drug-likeness (QED) is 0.0199. The topological polar surface area (TPSA) is 1380 Å². The maximum Gasteiger partial charge on any atom is 2.00 e. The molecule has 0 spiro atoms. The van der Waals surface area contributed by atoms with Gasteiger partial charge in [-0.3, -0.25) is 0 Å². The summed E-state index contributed by atoms with van der Waals surface area (Å²) in [6.07, 6.45) is -86.5. The van der Waals surface area contributed by atoms with Crippen molar-refractivity contribution in [3.05, 3.63) is 0 Å². The van der Waals surface area contributed by atoms with Crippen molar-refractivity contribution in [3.8, 4) is 0 Å². The van der Waals surface area contributed by atoms with Crippen LogP contribution in [-0.4, -0.2) is 571 Å². The van der Waals surface area contributed by atoms with Gasteiger partial charge in [-0.05, 0) is 0 Å². The number of carboxylic acids is 10. The molecule has 0 saturated heterocycles. The molecule has 0 heterocycles. The van der Waals surface area contributed by atoms with Crippen LogP contribution in [0, 0.1) is 0 Å². The Bertz CT molecular complexity index is 2630. The number of rotatable bonds is 50. The molecule has 40 atom stereocenters. The molecule has 72 heteroatoms. The van der Waals surface area contributed by atoms with Crippen LogP contribution in [-0.2, 0) is 113 Å². The standard InChI is InChI=1S/10C6H10O7.Co.K/c10*7-1-2(8)3(9)4(10)5(11)6(12)13;;/h10*1-5,8-11H,(H,12,13);;/q;;;;;;;;;;+2;+1/p-10/t10*2-,3+,4+,5-;;/m0000000000../s1. The van der Waals surface area contributed by atoms with Gasteiger partial charge >= 0.3 is 68.2 Å². The number of carboxylic acid groups (broad SMARTS) is 10. The van der Waals surface area contributed by atoms with Gasteiger partial charge in [-0.2, -0.15) is 0 Å². The summed E-state index contributed by atoms with van der Waals surface area (Å²) in [5.41, 5.74) is 0. The second-order valence-corrected chi connectivity index (χ2v) is 23.7. The van der Waals surface area contributed by atoms with Gasteiger partial charge in [0.15, 0.2) is 62.9 Å². The van der Waals surface area contributed by atoms with E-state index < -0.39 is 304 Å². The molecule has 0 saturated carbocycles. The predicted octanol–water partition coefficient (Wildman–Crippen LogP) is -49.2. The summed E-state index contributed by atoms with van der Waals surface area (Å²) < 4.78 is 0. The Morgan fingerprint density at radius 2 is 0.174 bits per heavy atom. The number of aliphatic hydroxyl groups is 40. The predicted molar refractivity (Wildman–Crippen MR) is 351 cm³/mol. The molecule has 767 valence electrons. The Morgan fingerprint density at radius 1 is 0.129 bits per heavy atom. The van der Waals surface area contributed by atoms with Crippen molar-refractivity contribution in [2.45, 2.75) is 244 Å². The maximum atomic E-state index is 9.95. The summed E-state index contributed by atoms with van der Waals surface area (Å²) in [5.74, 6) is -20.1. The van der Waals surface area contributed by atoms with Crippen molar-refractivity contribution in [2.75, 3.05) is 0 Å². The van der Waals surface area contributed by atoms with Crippen LogP contribution < -0.4 is 102 Å². The summed E-state index contributed by atoms with van der Waals surface area (Å²) in [5, 5.41) is 448. The average Bonchev–Trinajstić information content (AvgIpc) is 0.955. The fourth-order valence-corrected chi connectivity index (χ4v) is 6.09. The molecule has 132 heavy (non-hydrogen) atoms. The fourth-order valence-electron chi connectivity index (χ4n) is 6.09. The largest absolute Gasteiger partial charge is 2.00 e. The van der Waals surface area contributed by atoms with E-state index in [1.54, 1.807) is 0 Å². The first-order chi connectivity index (χ1) is 59.1. The van der Waals surface area contributed by atoms with Crippen molar-refractivity contribution in [1.82, 2.24) is 0 Å². The zero-order valence-corrected chi connectivity index (χ0v) is 69.5. The summed E-state index contributed by atoms with van der Waals surface area (Å²) in [6.45, 7) is 0. The molecule has 0 aromatic carbocycles. The van der Waals surface area contributed by atoms with Gasteiger partial charge < -0.3 is 351 Å². The number of carbonyl (C=O) groups is 20. The summed E-state index contributed by atoms with van der Waals surface area (Å²) in [6, 6.07) is 0. The third-order valence-corrected chi connectivity index (χ3v) is 14.0. The zero-order valence-electron chi connectivity index (χ0n) is 65.3. The molecule has 0 aromatic rings. The molecule has 0 aliphatic heterocycles. The van der Waals surface area contributed by atoms with Gasteiger partial charge in [-0.1, -0.05) is 0 Å². The summed E-state index contributed by atoms with van der Waals surface area (Å²) >= 11 is 0. The van der Waals surface area contributed by atoms with Crippen LogP contribution in [0.5, 0.6) is 0 Å². The van der Waals surface area contributed by atoms with Gasteiger partial charge in [-0.15, -0.1) is 0 Å². The Morgan fingerprint density at radius 3 is 0.205 bits per heavy atom. The van der Waals surface area contributed by atoms with Crippen LogP contribution in [0.15, 0.2) is 0 Å². The minimum absolute atomic E-state index is 0. The SMILES string of the molecule is O=C[C@H](O)[C@@H](O)[C@@H](O)[C@H](O)C(=O)[O-].O=C[C@H](O)[C@@H](O)[C@@H](O)[C@H](O)C(=O)[O-].O=C[C@H](O)[C@@H](O)[C@@H](O)[C@H](O)C(=O)[O-].O=C[C@H](O)[C@@H](O)[C@@H](O)[C@H](O)C(=O)[O-].O=C[C@H](O)[C@@H](O)[C@@H](O)[C@H](O)C(=O)[O-].O=C[C@H](O)[C@@H](O)[C@@H](O)[C@H](O)C(=O)[O-].O=C[C@H](O)[C@@H](O)[C@@H](O)[C@H](O)C(=O)[O-].O=C[C@H](O)[C@@H](O)[C@@H](O)[C@H](O)C(=O)[O-].O=C[C@H](O)[C@@H](O)[C@@H](O)[C@H](O)C(=O)[O-].O=C[C@H](O)[C@@H](O)[C@@H](O)[C@H](O)C(=O)[O-].[Co+2].[K+]. The number of hydrogen-bond acceptors (Lipinski definition) is 70. The first-order valence-corrected chi connectivity index (χ1v) is 33.0. The van der Waals surface area contributed by atoms with E-state index in [0.717, 1.165) is 0 Å².